The molecule has 9 atom stereocenters. The van der Waals surface area contributed by atoms with Gasteiger partial charge in [-0.15, -0.1) is 0 Å². The fourth-order valence-electron chi connectivity index (χ4n) is 7.01. The standard InChI is InChI=1S/C27H42N2O7/c1-16(2)7-8-21-26(3,36-21)23-22(32-6)20(9-10-27(23)15-33-27)35-25(31)29-13-17-11-19(12-18(17)14-29)34-24(30)28(4)5/h7,17-23H,8-15H2,1-6H3/t17-,18+,19?,20-,21-,22-,23-,26+,27+/m1/s1. The van der Waals surface area contributed by atoms with Crippen molar-refractivity contribution in [2.75, 3.05) is 40.9 Å². The fraction of sp³-hybridized carbons (Fsp3) is 0.852. The molecule has 5 rings (SSSR count). The van der Waals surface area contributed by atoms with E-state index in [0.717, 1.165) is 32.1 Å². The predicted molar refractivity (Wildman–Crippen MR) is 132 cm³/mol. The number of hydrogen-bond acceptors (Lipinski definition) is 7. The maximum atomic E-state index is 13.2. The van der Waals surface area contributed by atoms with Gasteiger partial charge in [0.15, 0.2) is 0 Å². The van der Waals surface area contributed by atoms with Crippen LogP contribution in [0.2, 0.25) is 0 Å². The Hall–Kier alpha value is -1.84. The molecule has 0 aromatic rings. The lowest BCUT2D eigenvalue weighted by atomic mass is 9.68. The number of ether oxygens (including phenoxy) is 5. The zero-order valence-electron chi connectivity index (χ0n) is 22.5. The van der Waals surface area contributed by atoms with E-state index in [1.54, 1.807) is 21.2 Å². The van der Waals surface area contributed by atoms with Crippen molar-refractivity contribution in [2.45, 2.75) is 88.5 Å². The van der Waals surface area contributed by atoms with Gasteiger partial charge in [-0.2, -0.15) is 0 Å². The summed E-state index contributed by atoms with van der Waals surface area (Å²) < 4.78 is 30.0. The Bertz CT molecular complexity index is 885. The third-order valence-electron chi connectivity index (χ3n) is 9.09. The minimum atomic E-state index is -0.349. The summed E-state index contributed by atoms with van der Waals surface area (Å²) in [5.74, 6) is 0.697. The predicted octanol–water partition coefficient (Wildman–Crippen LogP) is 3.61. The largest absolute Gasteiger partial charge is 0.446 e. The molecule has 0 aromatic heterocycles. The van der Waals surface area contributed by atoms with E-state index in [4.69, 9.17) is 23.7 Å². The van der Waals surface area contributed by atoms with Crippen molar-refractivity contribution in [1.29, 1.82) is 0 Å². The monoisotopic (exact) mass is 506 g/mol. The first-order valence-electron chi connectivity index (χ1n) is 13.4. The van der Waals surface area contributed by atoms with Gasteiger partial charge >= 0.3 is 12.2 Å². The molecule has 0 bridgehead atoms. The third-order valence-corrected chi connectivity index (χ3v) is 9.09. The van der Waals surface area contributed by atoms with E-state index in [1.807, 2.05) is 4.90 Å². The molecule has 0 aromatic carbocycles. The molecule has 2 amide bonds. The molecule has 1 unspecified atom stereocenters. The fourth-order valence-corrected chi connectivity index (χ4v) is 7.01. The molecule has 5 fully saturated rings. The number of amides is 2. The molecule has 1 spiro atoms. The van der Waals surface area contributed by atoms with Gasteiger partial charge in [-0.1, -0.05) is 11.6 Å². The zero-order valence-corrected chi connectivity index (χ0v) is 22.5. The Kier molecular flexibility index (Phi) is 6.79. The van der Waals surface area contributed by atoms with Gasteiger partial charge in [0.1, 0.15) is 29.5 Å². The van der Waals surface area contributed by atoms with Crippen molar-refractivity contribution in [3.63, 3.8) is 0 Å². The number of rotatable bonds is 6. The first-order valence-corrected chi connectivity index (χ1v) is 13.4. The summed E-state index contributed by atoms with van der Waals surface area (Å²) >= 11 is 0. The molecule has 36 heavy (non-hydrogen) atoms. The number of carbonyl (C=O) groups excluding carboxylic acids is 2. The summed E-state index contributed by atoms with van der Waals surface area (Å²) in [5.41, 5.74) is 0.695. The van der Waals surface area contributed by atoms with Gasteiger partial charge in [0.25, 0.3) is 0 Å². The molecule has 2 aliphatic carbocycles. The molecular weight excluding hydrogens is 464 g/mol. The van der Waals surface area contributed by atoms with Crippen LogP contribution in [-0.4, -0.2) is 98.5 Å². The molecule has 202 valence electrons. The second-order valence-electron chi connectivity index (χ2n) is 12.1. The highest BCUT2D eigenvalue weighted by Crippen LogP contribution is 2.59. The van der Waals surface area contributed by atoms with Crippen LogP contribution in [0.4, 0.5) is 9.59 Å². The van der Waals surface area contributed by atoms with Gasteiger partial charge in [-0.05, 0) is 64.7 Å². The number of carbonyl (C=O) groups is 2. The first-order chi connectivity index (χ1) is 17.1. The Morgan fingerprint density at radius 2 is 1.81 bits per heavy atom. The van der Waals surface area contributed by atoms with Crippen molar-refractivity contribution < 1.29 is 33.3 Å². The molecule has 3 heterocycles. The van der Waals surface area contributed by atoms with E-state index in [2.05, 4.69) is 26.8 Å². The van der Waals surface area contributed by atoms with Gasteiger partial charge < -0.3 is 33.5 Å². The zero-order chi connectivity index (χ0) is 25.8. The highest BCUT2D eigenvalue weighted by Gasteiger charge is 2.72. The van der Waals surface area contributed by atoms with Crippen molar-refractivity contribution in [3.05, 3.63) is 11.6 Å². The topological polar surface area (TPSA) is 93.4 Å². The van der Waals surface area contributed by atoms with E-state index in [1.165, 1.54) is 10.5 Å². The Balaban J connectivity index is 1.19. The normalized spacial score (nSPS) is 42.6. The maximum absolute atomic E-state index is 13.2. The summed E-state index contributed by atoms with van der Waals surface area (Å²) in [7, 11) is 5.08. The van der Waals surface area contributed by atoms with Crippen molar-refractivity contribution in [2.24, 2.45) is 17.8 Å². The maximum Gasteiger partial charge on any atom is 0.410 e. The van der Waals surface area contributed by atoms with Gasteiger partial charge in [0, 0.05) is 34.3 Å². The molecule has 2 saturated carbocycles. The average Bonchev–Trinajstić information content (AvgIpc) is 3.62. The van der Waals surface area contributed by atoms with Crippen LogP contribution in [0.5, 0.6) is 0 Å². The van der Waals surface area contributed by atoms with Gasteiger partial charge in [0.2, 0.25) is 0 Å². The summed E-state index contributed by atoms with van der Waals surface area (Å²) in [6, 6.07) is 0. The van der Waals surface area contributed by atoms with Gasteiger partial charge in [-0.3, -0.25) is 0 Å². The molecule has 3 aliphatic heterocycles. The molecule has 9 heteroatoms. The second kappa shape index (κ2) is 9.48. The molecule has 5 aliphatic rings. The van der Waals surface area contributed by atoms with Crippen LogP contribution in [0.15, 0.2) is 11.6 Å². The van der Waals surface area contributed by atoms with E-state index in [0.29, 0.717) is 31.5 Å². The van der Waals surface area contributed by atoms with Crippen molar-refractivity contribution in [3.8, 4) is 0 Å². The summed E-state index contributed by atoms with van der Waals surface area (Å²) in [6.07, 6.45) is 5.11. The van der Waals surface area contributed by atoms with E-state index in [9.17, 15) is 9.59 Å². The van der Waals surface area contributed by atoms with Crippen molar-refractivity contribution in [1.82, 2.24) is 9.80 Å². The Morgan fingerprint density at radius 3 is 2.36 bits per heavy atom. The smallest absolute Gasteiger partial charge is 0.410 e. The number of likely N-dealkylation sites (tertiary alicyclic amines) is 1. The molecule has 9 nitrogen and oxygen atoms in total. The minimum Gasteiger partial charge on any atom is -0.446 e. The van der Waals surface area contributed by atoms with Crippen LogP contribution < -0.4 is 0 Å². The van der Waals surface area contributed by atoms with Crippen LogP contribution in [0, 0.1) is 17.8 Å². The number of hydrogen-bond donors (Lipinski definition) is 0. The summed E-state index contributed by atoms with van der Waals surface area (Å²) in [4.78, 5) is 28.4. The molecule has 3 saturated heterocycles. The number of nitrogens with zero attached hydrogens (tertiary/aromatic N) is 2. The van der Waals surface area contributed by atoms with Crippen LogP contribution >= 0.6 is 0 Å². The number of allylic oxidation sites excluding steroid dienone is 1. The summed E-state index contributed by atoms with van der Waals surface area (Å²) in [5, 5.41) is 0. The molecule has 0 N–H and O–H groups in total. The molecular formula is C27H42N2O7. The second-order valence-corrected chi connectivity index (χ2v) is 12.1. The molecule has 0 radical (unpaired) electrons. The van der Waals surface area contributed by atoms with Gasteiger partial charge in [0.05, 0.1) is 18.6 Å². The minimum absolute atomic E-state index is 0.0159. The van der Waals surface area contributed by atoms with E-state index < -0.39 is 0 Å². The third kappa shape index (κ3) is 4.74. The lowest BCUT2D eigenvalue weighted by molar-refractivity contribution is -0.121. The van der Waals surface area contributed by atoms with Crippen LogP contribution in [0.3, 0.4) is 0 Å². The van der Waals surface area contributed by atoms with Crippen LogP contribution in [-0.2, 0) is 23.7 Å². The highest BCUT2D eigenvalue weighted by molar-refractivity contribution is 5.68. The Morgan fingerprint density at radius 1 is 1.14 bits per heavy atom. The average molecular weight is 507 g/mol. The highest BCUT2D eigenvalue weighted by atomic mass is 16.6. The number of fused-ring (bicyclic) bond motifs is 1. The van der Waals surface area contributed by atoms with Crippen LogP contribution in [0.25, 0.3) is 0 Å². The first kappa shape index (κ1) is 25.8. The number of epoxide rings is 2. The number of methoxy groups -OCH3 is 1. The lowest BCUT2D eigenvalue weighted by Gasteiger charge is -2.43. The van der Waals surface area contributed by atoms with E-state index >= 15 is 0 Å². The quantitative estimate of drug-likeness (QED) is 0.401. The summed E-state index contributed by atoms with van der Waals surface area (Å²) in [6.45, 7) is 8.35. The van der Waals surface area contributed by atoms with Gasteiger partial charge in [-0.25, -0.2) is 9.59 Å². The Labute approximate surface area is 214 Å². The lowest BCUT2D eigenvalue weighted by Crippen LogP contribution is -2.56. The van der Waals surface area contributed by atoms with E-state index in [-0.39, 0.29) is 53.7 Å². The van der Waals surface area contributed by atoms with Crippen molar-refractivity contribution >= 4 is 12.2 Å². The van der Waals surface area contributed by atoms with Crippen LogP contribution in [0.1, 0.15) is 52.9 Å². The SMILES string of the molecule is CO[C@@H]1[C@H](OC(=O)N2C[C@H]3CC(OC(=O)N(C)C)C[C@H]3C2)CC[C@]2(CO2)[C@H]1[C@@]1(C)O[C@@H]1CC=C(C)C.